The molecule has 4 heteroatoms. The van der Waals surface area contributed by atoms with E-state index in [4.69, 9.17) is 9.15 Å². The second kappa shape index (κ2) is 5.70. The Morgan fingerprint density at radius 2 is 1.54 bits per heavy atom. The quantitative estimate of drug-likeness (QED) is 0.295. The second-order valence-electron chi connectivity index (χ2n) is 6.05. The van der Waals surface area contributed by atoms with Crippen molar-refractivity contribution >= 4 is 39.5 Å². The molecule has 26 heavy (non-hydrogen) atoms. The van der Waals surface area contributed by atoms with Gasteiger partial charge in [-0.2, -0.15) is 0 Å². The predicted octanol–water partition coefficient (Wildman–Crippen LogP) is 4.93. The van der Waals surface area contributed by atoms with Gasteiger partial charge in [-0.3, -0.25) is 0 Å². The Labute approximate surface area is 149 Å². The first-order valence-electron chi connectivity index (χ1n) is 8.26. The summed E-state index contributed by atoms with van der Waals surface area (Å²) in [4.78, 5) is 16.6. The highest BCUT2D eigenvalue weighted by molar-refractivity contribution is 6.14. The van der Waals surface area contributed by atoms with Gasteiger partial charge in [0.25, 0.3) is 5.90 Å². The number of esters is 1. The average molecular weight is 339 g/mol. The second-order valence-corrected chi connectivity index (χ2v) is 6.05. The lowest BCUT2D eigenvalue weighted by molar-refractivity contribution is -0.130. The van der Waals surface area contributed by atoms with Crippen molar-refractivity contribution in [3.05, 3.63) is 90.0 Å². The fourth-order valence-corrected chi connectivity index (χ4v) is 3.26. The highest BCUT2D eigenvalue weighted by Gasteiger charge is 2.26. The van der Waals surface area contributed by atoms with Crippen LogP contribution in [0.5, 0.6) is 0 Å². The molecule has 0 amide bonds. The van der Waals surface area contributed by atoms with E-state index < -0.39 is 5.97 Å². The zero-order valence-electron chi connectivity index (χ0n) is 13.7. The molecule has 5 rings (SSSR count). The normalized spacial score (nSPS) is 15.6. The summed E-state index contributed by atoms with van der Waals surface area (Å²) >= 11 is 0. The molecule has 0 spiro atoms. The maximum atomic E-state index is 12.3. The van der Waals surface area contributed by atoms with Crippen LogP contribution in [-0.4, -0.2) is 11.9 Å². The van der Waals surface area contributed by atoms with E-state index in [2.05, 4.69) is 23.2 Å². The Hall–Kier alpha value is -3.66. The number of fused-ring (bicyclic) bond motifs is 2. The third-order valence-corrected chi connectivity index (χ3v) is 4.45. The van der Waals surface area contributed by atoms with Gasteiger partial charge in [-0.1, -0.05) is 48.5 Å². The summed E-state index contributed by atoms with van der Waals surface area (Å²) in [5.74, 6) is 0.147. The van der Waals surface area contributed by atoms with Crippen molar-refractivity contribution in [1.29, 1.82) is 0 Å². The van der Waals surface area contributed by atoms with Gasteiger partial charge < -0.3 is 9.15 Å². The molecule has 3 aromatic carbocycles. The predicted molar refractivity (Wildman–Crippen MR) is 101 cm³/mol. The van der Waals surface area contributed by atoms with Crippen LogP contribution in [0.15, 0.2) is 88.1 Å². The number of hydrogen-bond acceptors (Lipinski definition) is 4. The number of hydrogen-bond donors (Lipinski definition) is 0. The van der Waals surface area contributed by atoms with Gasteiger partial charge in [0.2, 0.25) is 0 Å². The van der Waals surface area contributed by atoms with E-state index in [1.165, 1.54) is 6.26 Å². The van der Waals surface area contributed by atoms with E-state index in [9.17, 15) is 4.79 Å². The lowest BCUT2D eigenvalue weighted by Crippen LogP contribution is -2.04. The van der Waals surface area contributed by atoms with Crippen LogP contribution in [-0.2, 0) is 9.53 Å². The van der Waals surface area contributed by atoms with E-state index in [1.54, 1.807) is 18.2 Å². The summed E-state index contributed by atoms with van der Waals surface area (Å²) in [6, 6.07) is 21.8. The van der Waals surface area contributed by atoms with Gasteiger partial charge in [0.1, 0.15) is 0 Å². The molecular weight excluding hydrogens is 326 g/mol. The highest BCUT2D eigenvalue weighted by atomic mass is 16.6. The molecule has 1 aliphatic heterocycles. The molecule has 0 N–H and O–H groups in total. The molecule has 0 fully saturated rings. The summed E-state index contributed by atoms with van der Waals surface area (Å²) < 4.78 is 10.5. The Bertz CT molecular complexity index is 1160. The van der Waals surface area contributed by atoms with Crippen molar-refractivity contribution in [2.45, 2.75) is 0 Å². The number of carbonyl (C=O) groups is 1. The molecule has 0 radical (unpaired) electrons. The number of aliphatic imine (C=N–C) groups is 1. The molecule has 0 unspecified atom stereocenters. The number of benzene rings is 3. The third-order valence-electron chi connectivity index (χ3n) is 4.45. The van der Waals surface area contributed by atoms with E-state index in [0.29, 0.717) is 5.76 Å². The summed E-state index contributed by atoms with van der Waals surface area (Å²) in [5, 5.41) is 4.35. The fourth-order valence-electron chi connectivity index (χ4n) is 3.26. The maximum absolute atomic E-state index is 12.3. The molecule has 4 aromatic rings. The third kappa shape index (κ3) is 2.31. The lowest BCUT2D eigenvalue weighted by atomic mass is 9.96. The standard InChI is InChI=1S/C22H13NO3/c24-22-19(23-21(26-22)20-10-5-11-25-20)13-18-16-8-3-1-6-14(16)12-15-7-2-4-9-17(15)18/h1-13H/b19-13-. The molecule has 0 bridgehead atoms. The van der Waals surface area contributed by atoms with Crippen LogP contribution in [0.4, 0.5) is 0 Å². The summed E-state index contributed by atoms with van der Waals surface area (Å²) in [7, 11) is 0. The van der Waals surface area contributed by atoms with Crippen LogP contribution < -0.4 is 0 Å². The zero-order valence-corrected chi connectivity index (χ0v) is 13.7. The van der Waals surface area contributed by atoms with Crippen molar-refractivity contribution in [3.8, 4) is 0 Å². The zero-order chi connectivity index (χ0) is 17.5. The Morgan fingerprint density at radius 3 is 2.19 bits per heavy atom. The molecule has 1 aromatic heterocycles. The number of cyclic esters (lactones) is 1. The van der Waals surface area contributed by atoms with E-state index in [0.717, 1.165) is 27.1 Å². The van der Waals surface area contributed by atoms with E-state index >= 15 is 0 Å². The highest BCUT2D eigenvalue weighted by Crippen LogP contribution is 2.31. The summed E-state index contributed by atoms with van der Waals surface area (Å²) in [6.45, 7) is 0. The molecule has 124 valence electrons. The van der Waals surface area contributed by atoms with Crippen LogP contribution in [0.1, 0.15) is 11.3 Å². The van der Waals surface area contributed by atoms with Crippen molar-refractivity contribution in [2.24, 2.45) is 4.99 Å². The first-order valence-corrected chi connectivity index (χ1v) is 8.26. The van der Waals surface area contributed by atoms with Crippen molar-refractivity contribution in [2.75, 3.05) is 0 Å². The van der Waals surface area contributed by atoms with Crippen molar-refractivity contribution in [1.82, 2.24) is 0 Å². The molecule has 0 saturated carbocycles. The van der Waals surface area contributed by atoms with E-state index in [-0.39, 0.29) is 11.6 Å². The SMILES string of the molecule is O=C1OC(c2ccco2)=N/C1=C\c1c2ccccc2cc2ccccc12. The molecule has 1 aliphatic rings. The topological polar surface area (TPSA) is 51.8 Å². The van der Waals surface area contributed by atoms with Crippen molar-refractivity contribution in [3.63, 3.8) is 0 Å². The Balaban J connectivity index is 1.75. The molecule has 0 saturated heterocycles. The number of furan rings is 1. The molecule has 0 aliphatic carbocycles. The van der Waals surface area contributed by atoms with Crippen LogP contribution in [0.2, 0.25) is 0 Å². The van der Waals surface area contributed by atoms with Gasteiger partial charge in [0.15, 0.2) is 11.5 Å². The molecule has 2 heterocycles. The smallest absolute Gasteiger partial charge is 0.363 e. The van der Waals surface area contributed by atoms with Crippen LogP contribution >= 0.6 is 0 Å². The molecule has 4 nitrogen and oxygen atoms in total. The number of rotatable bonds is 2. The van der Waals surface area contributed by atoms with Gasteiger partial charge in [0, 0.05) is 0 Å². The molecular formula is C22H13NO3. The number of nitrogens with zero attached hydrogens (tertiary/aromatic N) is 1. The maximum Gasteiger partial charge on any atom is 0.363 e. The summed E-state index contributed by atoms with van der Waals surface area (Å²) in [6.07, 6.45) is 3.31. The van der Waals surface area contributed by atoms with Gasteiger partial charge in [-0.15, -0.1) is 0 Å². The monoisotopic (exact) mass is 339 g/mol. The van der Waals surface area contributed by atoms with Gasteiger partial charge in [-0.25, -0.2) is 9.79 Å². The number of carbonyl (C=O) groups excluding carboxylic acids is 1. The lowest BCUT2D eigenvalue weighted by Gasteiger charge is -2.08. The minimum Gasteiger partial charge on any atom is -0.459 e. The van der Waals surface area contributed by atoms with Crippen molar-refractivity contribution < 1.29 is 13.9 Å². The molecule has 0 atom stereocenters. The van der Waals surface area contributed by atoms with Crippen LogP contribution in [0, 0.1) is 0 Å². The first-order chi connectivity index (χ1) is 12.8. The Kier molecular flexibility index (Phi) is 3.22. The fraction of sp³-hybridized carbons (Fsp3) is 0. The van der Waals surface area contributed by atoms with E-state index in [1.807, 2.05) is 36.4 Å². The average Bonchev–Trinajstić information content (AvgIpc) is 3.32. The summed E-state index contributed by atoms with van der Waals surface area (Å²) in [5.41, 5.74) is 1.22. The van der Waals surface area contributed by atoms with Crippen LogP contribution in [0.25, 0.3) is 27.6 Å². The number of ether oxygens (including phenoxy) is 1. The minimum absolute atomic E-state index is 0.191. The van der Waals surface area contributed by atoms with Gasteiger partial charge in [0.05, 0.1) is 6.26 Å². The van der Waals surface area contributed by atoms with Gasteiger partial charge in [-0.05, 0) is 51.4 Å². The minimum atomic E-state index is -0.478. The Morgan fingerprint density at radius 1 is 0.846 bits per heavy atom. The van der Waals surface area contributed by atoms with Crippen LogP contribution in [0.3, 0.4) is 0 Å². The van der Waals surface area contributed by atoms with Gasteiger partial charge >= 0.3 is 5.97 Å². The first kappa shape index (κ1) is 14.7. The largest absolute Gasteiger partial charge is 0.459 e.